The predicted molar refractivity (Wildman–Crippen MR) is 60.5 cm³/mol. The predicted octanol–water partition coefficient (Wildman–Crippen LogP) is 0.899. The number of nitrogens with zero attached hydrogens (tertiary/aromatic N) is 2. The lowest BCUT2D eigenvalue weighted by Gasteiger charge is -2.17. The van der Waals surface area contributed by atoms with E-state index in [0.717, 1.165) is 17.2 Å². The molecule has 0 saturated carbocycles. The van der Waals surface area contributed by atoms with E-state index in [1.807, 2.05) is 48.2 Å². The molecule has 1 heterocycles. The first-order valence-electron chi connectivity index (χ1n) is 4.69. The van der Waals surface area contributed by atoms with Gasteiger partial charge in [0.15, 0.2) is 0 Å². The number of carbonyl (C=O) groups is 1. The molecule has 15 heavy (non-hydrogen) atoms. The Morgan fingerprint density at radius 1 is 1.20 bits per heavy atom. The summed E-state index contributed by atoms with van der Waals surface area (Å²) in [6.45, 7) is 0. The van der Waals surface area contributed by atoms with Gasteiger partial charge in [0, 0.05) is 20.2 Å². The Morgan fingerprint density at radius 2 is 1.67 bits per heavy atom. The maximum Gasteiger partial charge on any atom is 0.245 e. The van der Waals surface area contributed by atoms with E-state index in [9.17, 15) is 4.79 Å². The number of anilines is 2. The SMILES string of the molecule is CN1C(=CC(N)=O)N(C)c2ccccc21. The molecule has 0 unspecified atom stereocenters. The molecule has 1 aromatic carbocycles. The van der Waals surface area contributed by atoms with Crippen LogP contribution in [0.5, 0.6) is 0 Å². The molecule has 1 amide bonds. The Kier molecular flexibility index (Phi) is 2.11. The summed E-state index contributed by atoms with van der Waals surface area (Å²) in [7, 11) is 3.83. The van der Waals surface area contributed by atoms with E-state index < -0.39 is 5.91 Å². The van der Waals surface area contributed by atoms with Crippen molar-refractivity contribution in [3.63, 3.8) is 0 Å². The molecule has 0 aliphatic carbocycles. The van der Waals surface area contributed by atoms with Crippen molar-refractivity contribution in [3.8, 4) is 0 Å². The average molecular weight is 203 g/mol. The van der Waals surface area contributed by atoms with Gasteiger partial charge in [-0.05, 0) is 12.1 Å². The second-order valence-corrected chi connectivity index (χ2v) is 3.51. The van der Waals surface area contributed by atoms with Crippen LogP contribution in [0.4, 0.5) is 11.4 Å². The van der Waals surface area contributed by atoms with Crippen molar-refractivity contribution < 1.29 is 4.79 Å². The van der Waals surface area contributed by atoms with E-state index in [0.29, 0.717) is 0 Å². The zero-order chi connectivity index (χ0) is 11.0. The van der Waals surface area contributed by atoms with Gasteiger partial charge in [0.05, 0.1) is 11.4 Å². The summed E-state index contributed by atoms with van der Waals surface area (Å²) in [6, 6.07) is 7.95. The van der Waals surface area contributed by atoms with Crippen LogP contribution in [-0.4, -0.2) is 20.0 Å². The van der Waals surface area contributed by atoms with Crippen LogP contribution < -0.4 is 15.5 Å². The maximum absolute atomic E-state index is 10.9. The number of para-hydroxylation sites is 2. The minimum absolute atomic E-state index is 0.434. The largest absolute Gasteiger partial charge is 0.366 e. The van der Waals surface area contributed by atoms with Gasteiger partial charge in [0.25, 0.3) is 0 Å². The van der Waals surface area contributed by atoms with Gasteiger partial charge in [-0.3, -0.25) is 4.79 Å². The van der Waals surface area contributed by atoms with E-state index in [1.165, 1.54) is 6.08 Å². The van der Waals surface area contributed by atoms with Crippen LogP contribution in [0.25, 0.3) is 0 Å². The van der Waals surface area contributed by atoms with Gasteiger partial charge in [0.2, 0.25) is 5.91 Å². The summed E-state index contributed by atoms with van der Waals surface area (Å²) in [4.78, 5) is 14.8. The van der Waals surface area contributed by atoms with E-state index >= 15 is 0 Å². The molecule has 1 aliphatic rings. The third-order valence-corrected chi connectivity index (χ3v) is 2.56. The fourth-order valence-corrected chi connectivity index (χ4v) is 1.82. The zero-order valence-corrected chi connectivity index (χ0v) is 8.77. The van der Waals surface area contributed by atoms with Gasteiger partial charge < -0.3 is 15.5 Å². The minimum Gasteiger partial charge on any atom is -0.366 e. The van der Waals surface area contributed by atoms with Gasteiger partial charge >= 0.3 is 0 Å². The summed E-state index contributed by atoms with van der Waals surface area (Å²) < 4.78 is 0. The van der Waals surface area contributed by atoms with E-state index in [1.54, 1.807) is 0 Å². The number of fused-ring (bicyclic) bond motifs is 1. The van der Waals surface area contributed by atoms with Gasteiger partial charge in [-0.1, -0.05) is 12.1 Å². The van der Waals surface area contributed by atoms with Crippen LogP contribution >= 0.6 is 0 Å². The molecule has 4 heteroatoms. The fourth-order valence-electron chi connectivity index (χ4n) is 1.82. The minimum atomic E-state index is -0.434. The number of hydrogen-bond donors (Lipinski definition) is 1. The van der Waals surface area contributed by atoms with Crippen LogP contribution in [0.2, 0.25) is 0 Å². The lowest BCUT2D eigenvalue weighted by atomic mass is 10.3. The van der Waals surface area contributed by atoms with Gasteiger partial charge in [-0.2, -0.15) is 0 Å². The quantitative estimate of drug-likeness (QED) is 0.690. The second-order valence-electron chi connectivity index (χ2n) is 3.51. The van der Waals surface area contributed by atoms with Gasteiger partial charge in [-0.25, -0.2) is 0 Å². The molecular formula is C11H13N3O. The Morgan fingerprint density at radius 3 is 2.07 bits per heavy atom. The monoisotopic (exact) mass is 203 g/mol. The Labute approximate surface area is 88.6 Å². The molecule has 0 atom stereocenters. The standard InChI is InChI=1S/C11H13N3O/c1-13-8-5-3-4-6-9(8)14(2)11(13)7-10(12)15/h3-7H,1-2H3,(H2,12,15). The lowest BCUT2D eigenvalue weighted by Crippen LogP contribution is -2.24. The highest BCUT2D eigenvalue weighted by atomic mass is 16.1. The lowest BCUT2D eigenvalue weighted by molar-refractivity contribution is -0.113. The third kappa shape index (κ3) is 1.44. The summed E-state index contributed by atoms with van der Waals surface area (Å²) in [5.41, 5.74) is 7.32. The molecular weight excluding hydrogens is 190 g/mol. The average Bonchev–Trinajstić information content (AvgIpc) is 2.44. The molecule has 1 aromatic rings. The Bertz CT molecular complexity index is 408. The molecule has 0 fully saturated rings. The van der Waals surface area contributed by atoms with E-state index in [2.05, 4.69) is 0 Å². The molecule has 0 spiro atoms. The first-order chi connectivity index (χ1) is 7.11. The molecule has 4 nitrogen and oxygen atoms in total. The smallest absolute Gasteiger partial charge is 0.245 e. The van der Waals surface area contributed by atoms with Crippen LogP contribution in [0.3, 0.4) is 0 Å². The molecule has 2 N–H and O–H groups in total. The van der Waals surface area contributed by atoms with Gasteiger partial charge in [-0.15, -0.1) is 0 Å². The Balaban J connectivity index is 2.49. The molecule has 0 saturated heterocycles. The summed E-state index contributed by atoms with van der Waals surface area (Å²) in [5.74, 6) is 0.361. The van der Waals surface area contributed by atoms with Crippen molar-refractivity contribution >= 4 is 17.3 Å². The van der Waals surface area contributed by atoms with Crippen molar-refractivity contribution in [3.05, 3.63) is 36.2 Å². The normalized spacial score (nSPS) is 14.1. The van der Waals surface area contributed by atoms with Crippen LogP contribution in [0, 0.1) is 0 Å². The van der Waals surface area contributed by atoms with Crippen molar-refractivity contribution in [2.24, 2.45) is 5.73 Å². The summed E-state index contributed by atoms with van der Waals surface area (Å²) in [5, 5.41) is 0. The molecule has 1 aliphatic heterocycles. The summed E-state index contributed by atoms with van der Waals surface area (Å²) in [6.07, 6.45) is 1.43. The molecule has 0 radical (unpaired) electrons. The number of carbonyl (C=O) groups excluding carboxylic acids is 1. The third-order valence-electron chi connectivity index (χ3n) is 2.56. The topological polar surface area (TPSA) is 49.6 Å². The molecule has 0 aromatic heterocycles. The second kappa shape index (κ2) is 3.31. The van der Waals surface area contributed by atoms with Crippen molar-refractivity contribution in [1.82, 2.24) is 0 Å². The molecule has 78 valence electrons. The first-order valence-corrected chi connectivity index (χ1v) is 4.69. The number of nitrogens with two attached hydrogens (primary N) is 1. The zero-order valence-electron chi connectivity index (χ0n) is 8.77. The van der Waals surface area contributed by atoms with E-state index in [-0.39, 0.29) is 0 Å². The molecule has 0 bridgehead atoms. The highest BCUT2D eigenvalue weighted by Gasteiger charge is 2.25. The number of hydrogen-bond acceptors (Lipinski definition) is 3. The van der Waals surface area contributed by atoms with Crippen LogP contribution in [0.15, 0.2) is 36.2 Å². The maximum atomic E-state index is 10.9. The molecule has 2 rings (SSSR count). The fraction of sp³-hybridized carbons (Fsp3) is 0.182. The number of rotatable bonds is 1. The van der Waals surface area contributed by atoms with Crippen LogP contribution in [0.1, 0.15) is 0 Å². The first kappa shape index (κ1) is 9.58. The van der Waals surface area contributed by atoms with E-state index in [4.69, 9.17) is 5.73 Å². The number of benzene rings is 1. The van der Waals surface area contributed by atoms with Crippen LogP contribution in [-0.2, 0) is 4.79 Å². The van der Waals surface area contributed by atoms with Gasteiger partial charge in [0.1, 0.15) is 5.82 Å². The van der Waals surface area contributed by atoms with Crippen molar-refractivity contribution in [1.29, 1.82) is 0 Å². The number of amides is 1. The van der Waals surface area contributed by atoms with Crippen molar-refractivity contribution in [2.75, 3.05) is 23.9 Å². The van der Waals surface area contributed by atoms with Crippen molar-refractivity contribution in [2.45, 2.75) is 0 Å². The summed E-state index contributed by atoms with van der Waals surface area (Å²) >= 11 is 0. The number of primary amides is 1. The highest BCUT2D eigenvalue weighted by molar-refractivity contribution is 5.91. The Hall–Kier alpha value is -1.97. The highest BCUT2D eigenvalue weighted by Crippen LogP contribution is 2.38.